The van der Waals surface area contributed by atoms with Crippen LogP contribution in [0.5, 0.6) is 0 Å². The van der Waals surface area contributed by atoms with Gasteiger partial charge in [0.25, 0.3) is 0 Å². The molecule has 0 aromatic carbocycles. The molecule has 0 radical (unpaired) electrons. The quantitative estimate of drug-likeness (QED) is 0.633. The fraction of sp³-hybridized carbons (Fsp3) is 0.833. The number of nitrogens with one attached hydrogen (secondary N) is 2. The number of nitrogens with zero attached hydrogens (tertiary/aromatic N) is 1. The number of rotatable bonds is 1. The van der Waals surface area contributed by atoms with Crippen LogP contribution in [0.15, 0.2) is 0 Å². The fourth-order valence-electron chi connectivity index (χ4n) is 2.91. The lowest BCUT2D eigenvalue weighted by atomic mass is 9.85. The Morgan fingerprint density at radius 1 is 1.33 bits per heavy atom. The van der Waals surface area contributed by atoms with E-state index in [0.717, 1.165) is 12.8 Å². The molecule has 3 saturated heterocycles. The lowest BCUT2D eigenvalue weighted by Gasteiger charge is -2.45. The number of carbonyl (C=O) groups excluding carboxylic acids is 2. The van der Waals surface area contributed by atoms with Crippen molar-refractivity contribution in [3.63, 3.8) is 0 Å². The minimum atomic E-state index is -0.323. The Hall–Kier alpha value is -1.14. The maximum absolute atomic E-state index is 12.3. The van der Waals surface area contributed by atoms with Crippen LogP contribution in [0, 0.1) is 5.41 Å². The lowest BCUT2D eigenvalue weighted by molar-refractivity contribution is -0.170. The maximum atomic E-state index is 12.3. The number of likely N-dealkylation sites (tertiary alicyclic amines) is 1. The van der Waals surface area contributed by atoms with Gasteiger partial charge in [-0.15, -0.1) is 0 Å². The number of amides is 2. The van der Waals surface area contributed by atoms with Gasteiger partial charge >= 0.3 is 0 Å². The first-order chi connectivity index (χ1) is 8.53. The summed E-state index contributed by atoms with van der Waals surface area (Å²) in [6.07, 6.45) is 1.56. The third kappa shape index (κ3) is 1.80. The monoisotopic (exact) mass is 253 g/mol. The van der Waals surface area contributed by atoms with Gasteiger partial charge in [-0.25, -0.2) is 0 Å². The van der Waals surface area contributed by atoms with E-state index in [1.54, 1.807) is 0 Å². The Bertz CT molecular complexity index is 384. The second-order valence-corrected chi connectivity index (χ2v) is 5.83. The summed E-state index contributed by atoms with van der Waals surface area (Å²) in [5, 5.41) is 6.21. The molecule has 0 unspecified atom stereocenters. The number of hydrogen-bond donors (Lipinski definition) is 2. The summed E-state index contributed by atoms with van der Waals surface area (Å²) >= 11 is 0. The van der Waals surface area contributed by atoms with Crippen LogP contribution in [0.3, 0.4) is 0 Å². The van der Waals surface area contributed by atoms with Crippen molar-refractivity contribution in [1.82, 2.24) is 15.5 Å². The summed E-state index contributed by atoms with van der Waals surface area (Å²) in [4.78, 5) is 25.5. The Morgan fingerprint density at radius 3 is 2.44 bits per heavy atom. The summed E-state index contributed by atoms with van der Waals surface area (Å²) in [6.45, 7) is 4.80. The zero-order valence-corrected chi connectivity index (χ0v) is 10.6. The molecule has 0 bridgehead atoms. The molecule has 0 atom stereocenters. The van der Waals surface area contributed by atoms with E-state index in [4.69, 9.17) is 4.74 Å². The Kier molecular flexibility index (Phi) is 2.60. The molecule has 1 spiro atoms. The average Bonchev–Trinajstić information content (AvgIpc) is 2.68. The largest absolute Gasteiger partial charge is 0.379 e. The fourth-order valence-corrected chi connectivity index (χ4v) is 2.91. The molecule has 100 valence electrons. The van der Waals surface area contributed by atoms with Gasteiger partial charge in [-0.1, -0.05) is 0 Å². The van der Waals surface area contributed by atoms with Crippen LogP contribution < -0.4 is 10.6 Å². The van der Waals surface area contributed by atoms with E-state index in [9.17, 15) is 9.59 Å². The molecule has 18 heavy (non-hydrogen) atoms. The summed E-state index contributed by atoms with van der Waals surface area (Å²) < 4.78 is 5.14. The molecule has 0 aromatic rings. The van der Waals surface area contributed by atoms with Crippen molar-refractivity contribution < 1.29 is 14.3 Å². The highest BCUT2D eigenvalue weighted by Crippen LogP contribution is 2.31. The molecule has 3 heterocycles. The van der Waals surface area contributed by atoms with Gasteiger partial charge < -0.3 is 15.0 Å². The minimum Gasteiger partial charge on any atom is -0.379 e. The highest BCUT2D eigenvalue weighted by molar-refractivity contribution is 5.84. The van der Waals surface area contributed by atoms with Crippen molar-refractivity contribution in [1.29, 1.82) is 0 Å². The highest BCUT2D eigenvalue weighted by Gasteiger charge is 2.47. The van der Waals surface area contributed by atoms with E-state index in [2.05, 4.69) is 10.6 Å². The molecule has 0 aromatic heterocycles. The first-order valence-electron chi connectivity index (χ1n) is 6.46. The summed E-state index contributed by atoms with van der Waals surface area (Å²) in [5.74, 6) is 0.238. The van der Waals surface area contributed by atoms with Crippen LogP contribution in [0.4, 0.5) is 0 Å². The third-order valence-electron chi connectivity index (χ3n) is 4.23. The molecule has 0 saturated carbocycles. The molecule has 6 nitrogen and oxygen atoms in total. The van der Waals surface area contributed by atoms with Crippen molar-refractivity contribution in [3.8, 4) is 0 Å². The first kappa shape index (κ1) is 11.9. The molecule has 2 N–H and O–H groups in total. The van der Waals surface area contributed by atoms with Crippen molar-refractivity contribution in [3.05, 3.63) is 0 Å². The summed E-state index contributed by atoms with van der Waals surface area (Å²) in [5.41, 5.74) is -0.595. The maximum Gasteiger partial charge on any atom is 0.235 e. The van der Waals surface area contributed by atoms with Gasteiger partial charge in [0.2, 0.25) is 11.8 Å². The van der Waals surface area contributed by atoms with Gasteiger partial charge in [0.05, 0.1) is 30.8 Å². The van der Waals surface area contributed by atoms with Crippen molar-refractivity contribution in [2.75, 3.05) is 32.8 Å². The smallest absolute Gasteiger partial charge is 0.235 e. The van der Waals surface area contributed by atoms with E-state index in [-0.39, 0.29) is 22.9 Å². The molecular formula is C12H19N3O3. The molecule has 0 aliphatic carbocycles. The van der Waals surface area contributed by atoms with Gasteiger partial charge in [-0.2, -0.15) is 0 Å². The van der Waals surface area contributed by atoms with Gasteiger partial charge in [-0.3, -0.25) is 14.9 Å². The van der Waals surface area contributed by atoms with E-state index < -0.39 is 0 Å². The Labute approximate surface area is 106 Å². The summed E-state index contributed by atoms with van der Waals surface area (Å²) in [6, 6.07) is 0. The van der Waals surface area contributed by atoms with E-state index in [1.165, 1.54) is 0 Å². The second kappa shape index (κ2) is 3.93. The molecule has 3 aliphatic rings. The molecule has 6 heteroatoms. The van der Waals surface area contributed by atoms with Crippen LogP contribution in [-0.4, -0.2) is 55.2 Å². The van der Waals surface area contributed by atoms with Gasteiger partial charge in [0, 0.05) is 25.9 Å². The van der Waals surface area contributed by atoms with Crippen molar-refractivity contribution >= 4 is 11.8 Å². The zero-order chi connectivity index (χ0) is 12.8. The van der Waals surface area contributed by atoms with Crippen LogP contribution in [0.1, 0.15) is 19.8 Å². The minimum absolute atomic E-state index is 0.0501. The average molecular weight is 253 g/mol. The molecule has 3 rings (SSSR count). The SMILES string of the molecule is CC1(C(=O)N2CCC3(CC2)NCC(=O)N3)COC1. The number of hydrogen-bond acceptors (Lipinski definition) is 4. The number of carbonyl (C=O) groups is 2. The van der Waals surface area contributed by atoms with E-state index in [1.807, 2.05) is 11.8 Å². The molecule has 2 amide bonds. The van der Waals surface area contributed by atoms with Crippen LogP contribution in [0.2, 0.25) is 0 Å². The van der Waals surface area contributed by atoms with Crippen LogP contribution in [-0.2, 0) is 14.3 Å². The summed E-state index contributed by atoms with van der Waals surface area (Å²) in [7, 11) is 0. The Balaban J connectivity index is 1.60. The van der Waals surface area contributed by atoms with Gasteiger partial charge in [-0.05, 0) is 6.92 Å². The number of piperidine rings is 1. The van der Waals surface area contributed by atoms with Crippen molar-refractivity contribution in [2.45, 2.75) is 25.4 Å². The van der Waals surface area contributed by atoms with Crippen LogP contribution in [0.25, 0.3) is 0 Å². The number of ether oxygens (including phenoxy) is 1. The topological polar surface area (TPSA) is 70.7 Å². The zero-order valence-electron chi connectivity index (χ0n) is 10.6. The second-order valence-electron chi connectivity index (χ2n) is 5.83. The van der Waals surface area contributed by atoms with Crippen molar-refractivity contribution in [2.24, 2.45) is 5.41 Å². The predicted octanol–water partition coefficient (Wildman–Crippen LogP) is -0.939. The normalized spacial score (nSPS) is 28.9. The lowest BCUT2D eigenvalue weighted by Crippen LogP contribution is -2.61. The van der Waals surface area contributed by atoms with E-state index >= 15 is 0 Å². The molecule has 3 aliphatic heterocycles. The molecule has 3 fully saturated rings. The third-order valence-corrected chi connectivity index (χ3v) is 4.23. The first-order valence-corrected chi connectivity index (χ1v) is 6.46. The highest BCUT2D eigenvalue weighted by atomic mass is 16.5. The molecular weight excluding hydrogens is 234 g/mol. The standard InChI is InChI=1S/C12H19N3O3/c1-11(7-18-8-11)10(17)15-4-2-12(3-5-15)13-6-9(16)14-12/h13H,2-8H2,1H3,(H,14,16). The van der Waals surface area contributed by atoms with Crippen LogP contribution >= 0.6 is 0 Å². The van der Waals surface area contributed by atoms with Gasteiger partial charge in [0.15, 0.2) is 0 Å². The van der Waals surface area contributed by atoms with Gasteiger partial charge in [0.1, 0.15) is 0 Å². The Morgan fingerprint density at radius 2 is 2.00 bits per heavy atom. The van der Waals surface area contributed by atoms with E-state index in [0.29, 0.717) is 32.8 Å². The predicted molar refractivity (Wildman–Crippen MR) is 63.6 cm³/mol.